The van der Waals surface area contributed by atoms with Crippen LogP contribution in [0.3, 0.4) is 0 Å². The molecule has 12 heteroatoms. The number of anilines is 2. The summed E-state index contributed by atoms with van der Waals surface area (Å²) in [6.07, 6.45) is 3.25. The van der Waals surface area contributed by atoms with Crippen molar-refractivity contribution in [1.82, 2.24) is 24.6 Å². The highest BCUT2D eigenvalue weighted by molar-refractivity contribution is 6.02. The van der Waals surface area contributed by atoms with Crippen LogP contribution < -0.4 is 15.5 Å². The Morgan fingerprint density at radius 3 is 2.81 bits per heavy atom. The van der Waals surface area contributed by atoms with Gasteiger partial charge in [0.25, 0.3) is 5.91 Å². The standard InChI is InChI=1S/C20H20FN7O4/c1-12(29)22-8-14-9-28(20(31)32-14)13-3-4-17(15(21)7-13)27-10-16(23-11-27)19(30)24-18-5-6-26(2)25-18/h3-7,10-11,14H,8-9H2,1-2H3,(H,22,29)(H,24,25,30). The van der Waals surface area contributed by atoms with Crippen LogP contribution in [0.25, 0.3) is 5.69 Å². The Morgan fingerprint density at radius 1 is 1.31 bits per heavy atom. The van der Waals surface area contributed by atoms with Crippen LogP contribution in [0.2, 0.25) is 0 Å². The predicted molar refractivity (Wildman–Crippen MR) is 111 cm³/mol. The monoisotopic (exact) mass is 441 g/mol. The van der Waals surface area contributed by atoms with Gasteiger partial charge in [-0.05, 0) is 18.2 Å². The molecule has 1 aliphatic heterocycles. The van der Waals surface area contributed by atoms with E-state index in [0.717, 1.165) is 0 Å². The Kier molecular flexibility index (Phi) is 5.58. The molecule has 3 amide bonds. The van der Waals surface area contributed by atoms with E-state index in [4.69, 9.17) is 4.74 Å². The summed E-state index contributed by atoms with van der Waals surface area (Å²) in [5.41, 5.74) is 0.554. The summed E-state index contributed by atoms with van der Waals surface area (Å²) >= 11 is 0. The van der Waals surface area contributed by atoms with Gasteiger partial charge >= 0.3 is 6.09 Å². The van der Waals surface area contributed by atoms with Crippen LogP contribution in [-0.4, -0.2) is 56.4 Å². The number of hydrogen-bond acceptors (Lipinski definition) is 6. The molecule has 0 bridgehead atoms. The van der Waals surface area contributed by atoms with Crippen molar-refractivity contribution in [3.8, 4) is 5.69 Å². The average molecular weight is 441 g/mol. The summed E-state index contributed by atoms with van der Waals surface area (Å²) in [5.74, 6) is -0.959. The number of imidazole rings is 1. The fraction of sp³-hybridized carbons (Fsp3) is 0.250. The van der Waals surface area contributed by atoms with E-state index in [0.29, 0.717) is 11.5 Å². The third-order valence-electron chi connectivity index (χ3n) is 4.74. The molecule has 3 heterocycles. The van der Waals surface area contributed by atoms with E-state index in [1.165, 1.54) is 41.0 Å². The number of nitrogens with zero attached hydrogens (tertiary/aromatic N) is 5. The number of hydrogen-bond donors (Lipinski definition) is 2. The molecule has 1 aromatic carbocycles. The van der Waals surface area contributed by atoms with Crippen LogP contribution >= 0.6 is 0 Å². The molecule has 1 aliphatic rings. The second kappa shape index (κ2) is 8.49. The topological polar surface area (TPSA) is 123 Å². The maximum absolute atomic E-state index is 14.8. The van der Waals surface area contributed by atoms with Gasteiger partial charge in [0.2, 0.25) is 5.91 Å². The van der Waals surface area contributed by atoms with Crippen molar-refractivity contribution in [3.05, 3.63) is 54.5 Å². The molecule has 1 fully saturated rings. The zero-order valence-electron chi connectivity index (χ0n) is 17.3. The summed E-state index contributed by atoms with van der Waals surface area (Å²) in [6.45, 7) is 1.73. The Morgan fingerprint density at radius 2 is 2.12 bits per heavy atom. The minimum Gasteiger partial charge on any atom is -0.442 e. The van der Waals surface area contributed by atoms with Gasteiger partial charge in [-0.25, -0.2) is 14.2 Å². The Bertz CT molecular complexity index is 1190. The molecule has 0 aliphatic carbocycles. The van der Waals surface area contributed by atoms with Crippen molar-refractivity contribution in [2.45, 2.75) is 13.0 Å². The molecule has 4 rings (SSSR count). The van der Waals surface area contributed by atoms with Crippen LogP contribution in [0, 0.1) is 5.82 Å². The fourth-order valence-corrected chi connectivity index (χ4v) is 3.20. The van der Waals surface area contributed by atoms with Gasteiger partial charge in [0, 0.05) is 32.4 Å². The first-order chi connectivity index (χ1) is 15.3. The highest BCUT2D eigenvalue weighted by atomic mass is 19.1. The minimum absolute atomic E-state index is 0.0862. The molecule has 0 saturated carbocycles. The molecule has 1 atom stereocenters. The number of benzene rings is 1. The molecule has 0 spiro atoms. The predicted octanol–water partition coefficient (Wildman–Crippen LogP) is 1.46. The third kappa shape index (κ3) is 4.43. The highest BCUT2D eigenvalue weighted by Gasteiger charge is 2.32. The lowest BCUT2D eigenvalue weighted by Gasteiger charge is -2.14. The molecular weight excluding hydrogens is 421 g/mol. The molecule has 32 heavy (non-hydrogen) atoms. The maximum Gasteiger partial charge on any atom is 0.414 e. The van der Waals surface area contributed by atoms with E-state index < -0.39 is 23.9 Å². The van der Waals surface area contributed by atoms with Crippen molar-refractivity contribution < 1.29 is 23.5 Å². The van der Waals surface area contributed by atoms with Crippen LogP contribution in [0.1, 0.15) is 17.4 Å². The van der Waals surface area contributed by atoms with Crippen molar-refractivity contribution in [2.24, 2.45) is 7.05 Å². The zero-order valence-corrected chi connectivity index (χ0v) is 17.3. The molecular formula is C20H20FN7O4. The molecule has 2 aromatic heterocycles. The smallest absolute Gasteiger partial charge is 0.414 e. The highest BCUT2D eigenvalue weighted by Crippen LogP contribution is 2.25. The molecule has 2 N–H and O–H groups in total. The van der Waals surface area contributed by atoms with E-state index >= 15 is 0 Å². The van der Waals surface area contributed by atoms with Gasteiger partial charge in [0.1, 0.15) is 23.9 Å². The zero-order chi connectivity index (χ0) is 22.8. The number of nitrogens with one attached hydrogen (secondary N) is 2. The normalized spacial score (nSPS) is 15.5. The number of aryl methyl sites for hydroxylation is 1. The fourth-order valence-electron chi connectivity index (χ4n) is 3.20. The average Bonchev–Trinajstić information content (AvgIpc) is 3.46. The number of halogens is 1. The molecule has 11 nitrogen and oxygen atoms in total. The van der Waals surface area contributed by atoms with Crippen molar-refractivity contribution in [1.29, 1.82) is 0 Å². The number of amides is 3. The van der Waals surface area contributed by atoms with Crippen molar-refractivity contribution in [3.63, 3.8) is 0 Å². The van der Waals surface area contributed by atoms with Gasteiger partial charge < -0.3 is 19.9 Å². The summed E-state index contributed by atoms with van der Waals surface area (Å²) in [5, 5.41) is 9.25. The van der Waals surface area contributed by atoms with Crippen LogP contribution in [0.5, 0.6) is 0 Å². The Balaban J connectivity index is 1.46. The van der Waals surface area contributed by atoms with E-state index in [1.807, 2.05) is 0 Å². The molecule has 0 radical (unpaired) electrons. The summed E-state index contributed by atoms with van der Waals surface area (Å²) in [7, 11) is 1.72. The lowest BCUT2D eigenvalue weighted by molar-refractivity contribution is -0.119. The largest absolute Gasteiger partial charge is 0.442 e. The summed E-state index contributed by atoms with van der Waals surface area (Å²) < 4.78 is 22.9. The van der Waals surface area contributed by atoms with E-state index in [9.17, 15) is 18.8 Å². The number of aromatic nitrogens is 4. The van der Waals surface area contributed by atoms with Crippen LogP contribution in [0.15, 0.2) is 43.0 Å². The molecule has 1 saturated heterocycles. The SMILES string of the molecule is CC(=O)NCC1CN(c2ccc(-n3cnc(C(=O)Nc4ccn(C)n4)c3)c(F)c2)C(=O)O1. The first-order valence-corrected chi connectivity index (χ1v) is 9.67. The molecule has 3 aromatic rings. The second-order valence-corrected chi connectivity index (χ2v) is 7.18. The maximum atomic E-state index is 14.8. The number of ether oxygens (including phenoxy) is 1. The van der Waals surface area contributed by atoms with Gasteiger partial charge in [-0.1, -0.05) is 0 Å². The first-order valence-electron chi connectivity index (χ1n) is 9.67. The molecule has 166 valence electrons. The number of rotatable bonds is 6. The van der Waals surface area contributed by atoms with Crippen molar-refractivity contribution >= 4 is 29.4 Å². The van der Waals surface area contributed by atoms with Crippen LogP contribution in [0.4, 0.5) is 20.7 Å². The van der Waals surface area contributed by atoms with E-state index in [1.54, 1.807) is 30.1 Å². The van der Waals surface area contributed by atoms with Crippen LogP contribution in [-0.2, 0) is 16.6 Å². The van der Waals surface area contributed by atoms with E-state index in [-0.39, 0.29) is 30.4 Å². The summed E-state index contributed by atoms with van der Waals surface area (Å²) in [6, 6.07) is 5.87. The lowest BCUT2D eigenvalue weighted by Crippen LogP contribution is -2.33. The van der Waals surface area contributed by atoms with Gasteiger partial charge in [-0.2, -0.15) is 5.10 Å². The van der Waals surface area contributed by atoms with Gasteiger partial charge in [-0.15, -0.1) is 0 Å². The summed E-state index contributed by atoms with van der Waals surface area (Å²) in [4.78, 5) is 40.8. The van der Waals surface area contributed by atoms with Gasteiger partial charge in [-0.3, -0.25) is 19.2 Å². The third-order valence-corrected chi connectivity index (χ3v) is 4.74. The van der Waals surface area contributed by atoms with E-state index in [2.05, 4.69) is 20.7 Å². The quantitative estimate of drug-likeness (QED) is 0.597. The van der Waals surface area contributed by atoms with Crippen molar-refractivity contribution in [2.75, 3.05) is 23.3 Å². The number of carbonyl (C=O) groups is 3. The number of cyclic esters (lactones) is 1. The first kappa shape index (κ1) is 21.0. The minimum atomic E-state index is -0.622. The lowest BCUT2D eigenvalue weighted by atomic mass is 10.2. The Labute approximate surface area is 181 Å². The van der Waals surface area contributed by atoms with Gasteiger partial charge in [0.15, 0.2) is 5.82 Å². The Hall–Kier alpha value is -4.22. The molecule has 1 unspecified atom stereocenters. The second-order valence-electron chi connectivity index (χ2n) is 7.18. The number of carbonyl (C=O) groups excluding carboxylic acids is 3. The van der Waals surface area contributed by atoms with Gasteiger partial charge in [0.05, 0.1) is 24.5 Å².